The summed E-state index contributed by atoms with van der Waals surface area (Å²) in [6.07, 6.45) is 0. The molecule has 0 atom stereocenters. The molecule has 0 spiro atoms. The van der Waals surface area contributed by atoms with Crippen LogP contribution in [0.2, 0.25) is 0 Å². The normalized spacial score (nSPS) is 11.9. The van der Waals surface area contributed by atoms with Crippen LogP contribution in [0.15, 0.2) is 48.5 Å². The molecule has 2 heteroatoms. The fourth-order valence-electron chi connectivity index (χ4n) is 3.52. The van der Waals surface area contributed by atoms with E-state index in [9.17, 15) is 0 Å². The lowest BCUT2D eigenvalue weighted by molar-refractivity contribution is 0.820. The van der Waals surface area contributed by atoms with Gasteiger partial charge in [-0.15, -0.1) is 0 Å². The van der Waals surface area contributed by atoms with Crippen LogP contribution in [0.25, 0.3) is 32.8 Å². The van der Waals surface area contributed by atoms with Crippen molar-refractivity contribution in [3.05, 3.63) is 48.5 Å². The highest BCUT2D eigenvalue weighted by atomic mass is 15.1. The van der Waals surface area contributed by atoms with E-state index in [1.165, 1.54) is 32.8 Å². The Morgan fingerprint density at radius 3 is 1.45 bits per heavy atom. The highest BCUT2D eigenvalue weighted by Gasteiger charge is 2.17. The molecule has 20 heavy (non-hydrogen) atoms. The van der Waals surface area contributed by atoms with E-state index in [0.717, 1.165) is 13.1 Å². The van der Waals surface area contributed by atoms with Gasteiger partial charge in [-0.1, -0.05) is 36.4 Å². The Hall–Kier alpha value is -2.22. The summed E-state index contributed by atoms with van der Waals surface area (Å²) in [4.78, 5) is 0. The zero-order chi connectivity index (χ0) is 13.7. The molecule has 0 unspecified atom stereocenters. The summed E-state index contributed by atoms with van der Waals surface area (Å²) in [5.74, 6) is 0. The number of para-hydroxylation sites is 2. The van der Waals surface area contributed by atoms with Gasteiger partial charge in [0.15, 0.2) is 0 Å². The Morgan fingerprint density at radius 1 is 0.650 bits per heavy atom. The summed E-state index contributed by atoms with van der Waals surface area (Å²) in [5, 5.41) is 2.73. The van der Waals surface area contributed by atoms with Gasteiger partial charge < -0.3 is 9.13 Å². The molecule has 0 N–H and O–H groups in total. The van der Waals surface area contributed by atoms with Crippen LogP contribution in [-0.4, -0.2) is 9.13 Å². The molecule has 0 bridgehead atoms. The molecule has 0 aliphatic rings. The number of rotatable bonds is 2. The molecule has 4 rings (SSSR count). The van der Waals surface area contributed by atoms with Crippen LogP contribution < -0.4 is 0 Å². The number of aryl methyl sites for hydroxylation is 2. The van der Waals surface area contributed by atoms with Gasteiger partial charge in [0.25, 0.3) is 0 Å². The molecule has 100 valence electrons. The molecule has 0 aliphatic heterocycles. The average molecular weight is 262 g/mol. The maximum Gasteiger partial charge on any atom is 0.0753 e. The minimum absolute atomic E-state index is 1.00. The van der Waals surface area contributed by atoms with Crippen LogP contribution >= 0.6 is 0 Å². The predicted molar refractivity (Wildman–Crippen MR) is 86.3 cm³/mol. The fourth-order valence-corrected chi connectivity index (χ4v) is 3.52. The number of hydrogen-bond acceptors (Lipinski definition) is 0. The average Bonchev–Trinajstić information content (AvgIpc) is 2.99. The Morgan fingerprint density at radius 2 is 1.05 bits per heavy atom. The fraction of sp³-hybridized carbons (Fsp3) is 0.222. The van der Waals surface area contributed by atoms with Gasteiger partial charge in [0, 0.05) is 23.9 Å². The topological polar surface area (TPSA) is 9.86 Å². The highest BCUT2D eigenvalue weighted by Crippen LogP contribution is 2.36. The van der Waals surface area contributed by atoms with E-state index in [1.54, 1.807) is 0 Å². The van der Waals surface area contributed by atoms with E-state index < -0.39 is 0 Å². The summed E-state index contributed by atoms with van der Waals surface area (Å²) in [7, 11) is 0. The first-order chi connectivity index (χ1) is 9.86. The van der Waals surface area contributed by atoms with Crippen LogP contribution in [0, 0.1) is 0 Å². The third-order valence-corrected chi connectivity index (χ3v) is 4.30. The van der Waals surface area contributed by atoms with E-state index in [1.807, 2.05) is 0 Å². The molecule has 0 aliphatic carbocycles. The van der Waals surface area contributed by atoms with E-state index in [4.69, 9.17) is 0 Å². The van der Waals surface area contributed by atoms with Crippen molar-refractivity contribution >= 4 is 32.8 Å². The molecule has 0 radical (unpaired) electrons. The minimum Gasteiger partial charge on any atom is -0.339 e. The number of fused-ring (bicyclic) bond motifs is 5. The monoisotopic (exact) mass is 262 g/mol. The number of aromatic nitrogens is 2. The Kier molecular flexibility index (Phi) is 2.40. The molecule has 0 fully saturated rings. The Labute approximate surface area is 118 Å². The lowest BCUT2D eigenvalue weighted by Crippen LogP contribution is -1.92. The zero-order valence-corrected chi connectivity index (χ0v) is 11.9. The molecule has 2 nitrogen and oxygen atoms in total. The van der Waals surface area contributed by atoms with Gasteiger partial charge in [0.05, 0.1) is 22.1 Å². The van der Waals surface area contributed by atoms with Crippen LogP contribution in [0.3, 0.4) is 0 Å². The molecule has 2 aromatic heterocycles. The van der Waals surface area contributed by atoms with Gasteiger partial charge in [0.2, 0.25) is 0 Å². The van der Waals surface area contributed by atoms with Crippen molar-refractivity contribution in [2.75, 3.05) is 0 Å². The van der Waals surface area contributed by atoms with Crippen LogP contribution in [-0.2, 0) is 13.1 Å². The molecule has 4 aromatic rings. The molecule has 0 amide bonds. The van der Waals surface area contributed by atoms with Crippen molar-refractivity contribution in [3.63, 3.8) is 0 Å². The summed E-state index contributed by atoms with van der Waals surface area (Å²) < 4.78 is 4.89. The maximum atomic E-state index is 2.44. The smallest absolute Gasteiger partial charge is 0.0753 e. The van der Waals surface area contributed by atoms with Crippen molar-refractivity contribution in [1.82, 2.24) is 9.13 Å². The van der Waals surface area contributed by atoms with Crippen LogP contribution in [0.1, 0.15) is 13.8 Å². The lowest BCUT2D eigenvalue weighted by atomic mass is 10.2. The number of hydrogen-bond donors (Lipinski definition) is 0. The molecule has 2 heterocycles. The van der Waals surface area contributed by atoms with Crippen LogP contribution in [0.5, 0.6) is 0 Å². The first-order valence-corrected chi connectivity index (χ1v) is 7.35. The second-order valence-electron chi connectivity index (χ2n) is 5.22. The van der Waals surface area contributed by atoms with Crippen molar-refractivity contribution in [1.29, 1.82) is 0 Å². The molecular weight excluding hydrogens is 244 g/mol. The summed E-state index contributed by atoms with van der Waals surface area (Å²) in [6.45, 7) is 6.46. The molecule has 0 saturated carbocycles. The van der Waals surface area contributed by atoms with Crippen molar-refractivity contribution in [2.24, 2.45) is 0 Å². The largest absolute Gasteiger partial charge is 0.339 e. The third-order valence-electron chi connectivity index (χ3n) is 4.30. The standard InChI is InChI=1S/C18H18N2/c1-3-19-15-11-7-5-9-13(15)18-17(19)14-10-6-8-12-16(14)20(18)4-2/h5-12H,3-4H2,1-2H3. The quantitative estimate of drug-likeness (QED) is 0.491. The van der Waals surface area contributed by atoms with E-state index in [2.05, 4.69) is 71.5 Å². The van der Waals surface area contributed by atoms with E-state index in [0.29, 0.717) is 0 Å². The van der Waals surface area contributed by atoms with Crippen molar-refractivity contribution in [3.8, 4) is 0 Å². The second-order valence-corrected chi connectivity index (χ2v) is 5.22. The van der Waals surface area contributed by atoms with Gasteiger partial charge >= 0.3 is 0 Å². The van der Waals surface area contributed by atoms with Gasteiger partial charge in [-0.3, -0.25) is 0 Å². The summed E-state index contributed by atoms with van der Waals surface area (Å²) in [5.41, 5.74) is 5.44. The van der Waals surface area contributed by atoms with E-state index >= 15 is 0 Å². The van der Waals surface area contributed by atoms with Crippen molar-refractivity contribution < 1.29 is 0 Å². The first kappa shape index (κ1) is 11.6. The minimum atomic E-state index is 1.00. The van der Waals surface area contributed by atoms with Crippen LogP contribution in [0.4, 0.5) is 0 Å². The number of nitrogens with zero attached hydrogens (tertiary/aromatic N) is 2. The second kappa shape index (κ2) is 4.14. The Bertz CT molecular complexity index is 847. The summed E-state index contributed by atoms with van der Waals surface area (Å²) >= 11 is 0. The van der Waals surface area contributed by atoms with Gasteiger partial charge in [-0.05, 0) is 26.0 Å². The SMILES string of the molecule is CCn1c2ccccc2c2c1c1ccccc1n2CC. The van der Waals surface area contributed by atoms with Gasteiger partial charge in [-0.2, -0.15) is 0 Å². The van der Waals surface area contributed by atoms with Gasteiger partial charge in [-0.25, -0.2) is 0 Å². The van der Waals surface area contributed by atoms with E-state index in [-0.39, 0.29) is 0 Å². The summed E-state index contributed by atoms with van der Waals surface area (Å²) in [6, 6.07) is 17.5. The highest BCUT2D eigenvalue weighted by molar-refractivity contribution is 6.18. The lowest BCUT2D eigenvalue weighted by Gasteiger charge is -2.04. The third kappa shape index (κ3) is 1.29. The first-order valence-electron chi connectivity index (χ1n) is 7.35. The molecular formula is C18H18N2. The predicted octanol–water partition coefficient (Wildman–Crippen LogP) is 4.79. The Balaban J connectivity index is 2.38. The number of benzene rings is 2. The molecule has 2 aromatic carbocycles. The van der Waals surface area contributed by atoms with Gasteiger partial charge in [0.1, 0.15) is 0 Å². The zero-order valence-electron chi connectivity index (χ0n) is 11.9. The maximum absolute atomic E-state index is 2.44. The van der Waals surface area contributed by atoms with Crippen molar-refractivity contribution in [2.45, 2.75) is 26.9 Å². The molecule has 0 saturated heterocycles.